The molecule has 1 fully saturated rings. The smallest absolute Gasteiger partial charge is 0.235 e. The summed E-state index contributed by atoms with van der Waals surface area (Å²) >= 11 is 3.35. The van der Waals surface area contributed by atoms with Crippen molar-refractivity contribution in [2.24, 2.45) is 17.6 Å². The van der Waals surface area contributed by atoms with Crippen molar-refractivity contribution in [1.82, 2.24) is 5.32 Å². The van der Waals surface area contributed by atoms with Gasteiger partial charge in [-0.15, -0.1) is 0 Å². The number of nitrogens with one attached hydrogen (secondary N) is 1. The van der Waals surface area contributed by atoms with Gasteiger partial charge < -0.3 is 16.2 Å². The first-order chi connectivity index (χ1) is 12.4. The van der Waals surface area contributed by atoms with E-state index < -0.39 is 35.3 Å². The van der Waals surface area contributed by atoms with Crippen molar-refractivity contribution >= 4 is 27.7 Å². The Morgan fingerprint density at radius 3 is 2.50 bits per heavy atom. The maximum absolute atomic E-state index is 12.7. The zero-order valence-corrected chi connectivity index (χ0v) is 15.2. The molecular weight excluding hydrogens is 398 g/mol. The van der Waals surface area contributed by atoms with Crippen LogP contribution in [0.4, 0.5) is 0 Å². The van der Waals surface area contributed by atoms with E-state index in [1.807, 2.05) is 0 Å². The van der Waals surface area contributed by atoms with E-state index in [-0.39, 0.29) is 0 Å². The number of amides is 2. The van der Waals surface area contributed by atoms with Gasteiger partial charge in [-0.2, -0.15) is 5.26 Å². The van der Waals surface area contributed by atoms with E-state index in [9.17, 15) is 20.0 Å². The van der Waals surface area contributed by atoms with Crippen molar-refractivity contribution in [3.05, 3.63) is 70.2 Å². The number of hydrogen-bond acceptors (Lipinski definition) is 4. The van der Waals surface area contributed by atoms with E-state index in [4.69, 9.17) is 5.73 Å². The van der Waals surface area contributed by atoms with Crippen LogP contribution < -0.4 is 11.1 Å². The number of nitriles is 1. The summed E-state index contributed by atoms with van der Waals surface area (Å²) in [7, 11) is 0. The molecule has 0 aromatic heterocycles. The fourth-order valence-corrected chi connectivity index (χ4v) is 3.90. The second kappa shape index (κ2) is 6.90. The number of primary amides is 1. The lowest BCUT2D eigenvalue weighted by Gasteiger charge is -2.44. The van der Waals surface area contributed by atoms with Crippen molar-refractivity contribution < 1.29 is 14.7 Å². The summed E-state index contributed by atoms with van der Waals surface area (Å²) in [5.74, 6) is -4.83. The summed E-state index contributed by atoms with van der Waals surface area (Å²) in [5.41, 5.74) is 4.46. The van der Waals surface area contributed by atoms with Crippen LogP contribution in [0.15, 0.2) is 59.1 Å². The number of piperidine rings is 1. The summed E-state index contributed by atoms with van der Waals surface area (Å²) in [4.78, 5) is 24.7. The Morgan fingerprint density at radius 2 is 1.92 bits per heavy atom. The van der Waals surface area contributed by atoms with Crippen LogP contribution in [0.2, 0.25) is 0 Å². The minimum atomic E-state index is -1.94. The van der Waals surface area contributed by atoms with Gasteiger partial charge in [-0.25, -0.2) is 0 Å². The highest BCUT2D eigenvalue weighted by molar-refractivity contribution is 9.10. The highest BCUT2D eigenvalue weighted by Gasteiger charge is 2.55. The maximum Gasteiger partial charge on any atom is 0.235 e. The molecule has 4 atom stereocenters. The lowest BCUT2D eigenvalue weighted by molar-refractivity contribution is -0.153. The van der Waals surface area contributed by atoms with Gasteiger partial charge >= 0.3 is 0 Å². The van der Waals surface area contributed by atoms with Crippen LogP contribution in [0.5, 0.6) is 0 Å². The lowest BCUT2D eigenvalue weighted by Crippen LogP contribution is -2.62. The van der Waals surface area contributed by atoms with Crippen molar-refractivity contribution in [3.63, 3.8) is 0 Å². The standard InChI is InChI=1S/C19H16BrN3O3/c20-13-8-4-5-11(9-13)15-14(10-21)19(26,12-6-2-1-3-7-12)23-18(25)16(15)17(22)24/h1-9,14-16,26H,(H2,22,24)(H,23,25). The fourth-order valence-electron chi connectivity index (χ4n) is 3.48. The van der Waals surface area contributed by atoms with Crippen LogP contribution >= 0.6 is 15.9 Å². The Labute approximate surface area is 158 Å². The quantitative estimate of drug-likeness (QED) is 0.664. The van der Waals surface area contributed by atoms with E-state index in [1.54, 1.807) is 54.6 Å². The van der Waals surface area contributed by atoms with Crippen molar-refractivity contribution in [2.75, 3.05) is 0 Å². The minimum Gasteiger partial charge on any atom is -0.369 e. The first-order valence-corrected chi connectivity index (χ1v) is 8.72. The lowest BCUT2D eigenvalue weighted by atomic mass is 9.67. The summed E-state index contributed by atoms with van der Waals surface area (Å²) in [5, 5.41) is 23.5. The molecule has 26 heavy (non-hydrogen) atoms. The van der Waals surface area contributed by atoms with Crippen LogP contribution in [-0.2, 0) is 15.3 Å². The molecule has 3 rings (SSSR count). The van der Waals surface area contributed by atoms with Crippen molar-refractivity contribution in [2.45, 2.75) is 11.6 Å². The largest absolute Gasteiger partial charge is 0.369 e. The third-order valence-electron chi connectivity index (χ3n) is 4.66. The highest BCUT2D eigenvalue weighted by atomic mass is 79.9. The summed E-state index contributed by atoms with van der Waals surface area (Å²) < 4.78 is 0.726. The molecule has 1 aliphatic rings. The number of nitrogens with two attached hydrogens (primary N) is 1. The molecule has 0 bridgehead atoms. The summed E-state index contributed by atoms with van der Waals surface area (Å²) in [6.45, 7) is 0. The average molecular weight is 414 g/mol. The first kappa shape index (κ1) is 18.1. The Bertz CT molecular complexity index is 896. The molecular formula is C19H16BrN3O3. The molecule has 1 saturated heterocycles. The van der Waals surface area contributed by atoms with Crippen LogP contribution in [0, 0.1) is 23.2 Å². The van der Waals surface area contributed by atoms with Gasteiger partial charge in [-0.1, -0.05) is 58.4 Å². The zero-order valence-electron chi connectivity index (χ0n) is 13.6. The zero-order chi connectivity index (χ0) is 18.9. The predicted octanol–water partition coefficient (Wildman–Crippen LogP) is 1.75. The molecule has 4 N–H and O–H groups in total. The van der Waals surface area contributed by atoms with Gasteiger partial charge in [0.05, 0.1) is 6.07 Å². The molecule has 0 spiro atoms. The van der Waals surface area contributed by atoms with Crippen LogP contribution in [0.3, 0.4) is 0 Å². The number of nitrogens with zero attached hydrogens (tertiary/aromatic N) is 1. The molecule has 2 aromatic carbocycles. The Balaban J connectivity index is 2.20. The molecule has 4 unspecified atom stereocenters. The second-order valence-corrected chi connectivity index (χ2v) is 7.10. The molecule has 6 nitrogen and oxygen atoms in total. The number of halogens is 1. The molecule has 7 heteroatoms. The number of aliphatic hydroxyl groups is 1. The molecule has 1 aliphatic heterocycles. The number of carbonyl (C=O) groups is 2. The molecule has 0 radical (unpaired) electrons. The summed E-state index contributed by atoms with van der Waals surface area (Å²) in [6.07, 6.45) is 0. The van der Waals surface area contributed by atoms with Gasteiger partial charge in [0.25, 0.3) is 0 Å². The number of rotatable bonds is 3. The highest BCUT2D eigenvalue weighted by Crippen LogP contribution is 2.45. The van der Waals surface area contributed by atoms with E-state index in [0.29, 0.717) is 11.1 Å². The SMILES string of the molecule is N#CC1C(c2cccc(Br)c2)C(C(N)=O)C(=O)NC1(O)c1ccccc1. The molecule has 2 aromatic rings. The maximum atomic E-state index is 12.7. The number of benzene rings is 2. The van der Waals surface area contributed by atoms with Crippen molar-refractivity contribution in [1.29, 1.82) is 5.26 Å². The molecule has 0 saturated carbocycles. The van der Waals surface area contributed by atoms with Crippen LogP contribution in [0.25, 0.3) is 0 Å². The second-order valence-electron chi connectivity index (χ2n) is 6.19. The Hall–Kier alpha value is -2.69. The Kier molecular flexibility index (Phi) is 4.81. The first-order valence-electron chi connectivity index (χ1n) is 7.93. The van der Waals surface area contributed by atoms with Gasteiger partial charge in [0.2, 0.25) is 11.8 Å². The minimum absolute atomic E-state index is 0.364. The normalized spacial score (nSPS) is 28.0. The van der Waals surface area contributed by atoms with E-state index in [1.165, 1.54) is 0 Å². The van der Waals surface area contributed by atoms with Gasteiger partial charge in [-0.05, 0) is 17.7 Å². The monoisotopic (exact) mass is 413 g/mol. The Morgan fingerprint density at radius 1 is 1.23 bits per heavy atom. The van der Waals surface area contributed by atoms with E-state index in [2.05, 4.69) is 27.3 Å². The van der Waals surface area contributed by atoms with Crippen LogP contribution in [0.1, 0.15) is 17.0 Å². The van der Waals surface area contributed by atoms with E-state index in [0.717, 1.165) is 4.47 Å². The van der Waals surface area contributed by atoms with Gasteiger partial charge in [-0.3, -0.25) is 9.59 Å². The van der Waals surface area contributed by atoms with Gasteiger partial charge in [0.1, 0.15) is 11.8 Å². The number of carbonyl (C=O) groups excluding carboxylic acids is 2. The van der Waals surface area contributed by atoms with Crippen LogP contribution in [-0.4, -0.2) is 16.9 Å². The van der Waals surface area contributed by atoms with Gasteiger partial charge in [0.15, 0.2) is 5.72 Å². The predicted molar refractivity (Wildman–Crippen MR) is 97.2 cm³/mol. The molecule has 1 heterocycles. The fraction of sp³-hybridized carbons (Fsp3) is 0.211. The molecule has 132 valence electrons. The number of hydrogen-bond donors (Lipinski definition) is 3. The topological polar surface area (TPSA) is 116 Å². The average Bonchev–Trinajstić information content (AvgIpc) is 2.61. The summed E-state index contributed by atoms with van der Waals surface area (Å²) in [6, 6.07) is 17.4. The molecule has 0 aliphatic carbocycles. The van der Waals surface area contributed by atoms with Gasteiger partial charge in [0, 0.05) is 16.0 Å². The van der Waals surface area contributed by atoms with Crippen molar-refractivity contribution in [3.8, 4) is 6.07 Å². The molecule has 2 amide bonds. The third-order valence-corrected chi connectivity index (χ3v) is 5.15. The van der Waals surface area contributed by atoms with E-state index >= 15 is 0 Å². The third kappa shape index (κ3) is 2.98.